The monoisotopic (exact) mass is 346 g/mol. The molecule has 0 saturated carbocycles. The zero-order valence-corrected chi connectivity index (χ0v) is 13.4. The Morgan fingerprint density at radius 3 is 2.74 bits per heavy atom. The van der Waals surface area contributed by atoms with E-state index in [9.17, 15) is 5.11 Å². The molecule has 1 aliphatic rings. The van der Waals surface area contributed by atoms with Crippen molar-refractivity contribution in [2.75, 3.05) is 0 Å². The van der Waals surface area contributed by atoms with E-state index in [1.807, 2.05) is 30.3 Å². The molecule has 3 rings (SSSR count). The first-order valence-corrected chi connectivity index (χ1v) is 7.63. The molecule has 0 aromatic heterocycles. The van der Waals surface area contributed by atoms with Gasteiger partial charge in [0.1, 0.15) is 11.8 Å². The van der Waals surface area contributed by atoms with E-state index >= 15 is 0 Å². The Morgan fingerprint density at radius 2 is 1.96 bits per heavy atom. The van der Waals surface area contributed by atoms with E-state index in [-0.39, 0.29) is 16.8 Å². The Hall–Kier alpha value is -2.24. The van der Waals surface area contributed by atoms with Crippen molar-refractivity contribution in [1.82, 2.24) is 0 Å². The molecule has 0 fully saturated rings. The third-order valence-electron chi connectivity index (χ3n) is 3.30. The average Bonchev–Trinajstić information content (AvgIpc) is 3.02. The van der Waals surface area contributed by atoms with Gasteiger partial charge in [0.05, 0.1) is 11.2 Å². The van der Waals surface area contributed by atoms with Gasteiger partial charge in [0.15, 0.2) is 5.84 Å². The van der Waals surface area contributed by atoms with Crippen molar-refractivity contribution in [3.63, 3.8) is 0 Å². The first kappa shape index (κ1) is 15.6. The first-order chi connectivity index (χ1) is 11.1. The van der Waals surface area contributed by atoms with Crippen molar-refractivity contribution in [1.29, 1.82) is 0 Å². The van der Waals surface area contributed by atoms with E-state index in [2.05, 4.69) is 20.4 Å². The van der Waals surface area contributed by atoms with E-state index in [0.717, 1.165) is 5.56 Å². The third kappa shape index (κ3) is 3.75. The predicted octanol–water partition coefficient (Wildman–Crippen LogP) is 5.03. The van der Waals surface area contributed by atoms with Crippen LogP contribution in [-0.4, -0.2) is 17.2 Å². The normalized spacial score (nSPS) is 19.0. The Kier molecular flexibility index (Phi) is 4.69. The van der Waals surface area contributed by atoms with Gasteiger partial charge in [0.2, 0.25) is 0 Å². The van der Waals surface area contributed by atoms with Gasteiger partial charge in [-0.3, -0.25) is 0 Å². The number of hydrogen-bond acceptors (Lipinski definition) is 4. The van der Waals surface area contributed by atoms with E-state index < -0.39 is 0 Å². The van der Waals surface area contributed by atoms with Gasteiger partial charge in [0.25, 0.3) is 0 Å². The van der Waals surface area contributed by atoms with Gasteiger partial charge in [-0.25, -0.2) is 0 Å². The maximum absolute atomic E-state index is 9.83. The molecule has 0 amide bonds. The van der Waals surface area contributed by atoms with Gasteiger partial charge in [-0.1, -0.05) is 53.5 Å². The van der Waals surface area contributed by atoms with E-state index in [1.165, 1.54) is 12.3 Å². The molecule has 0 spiro atoms. The molecule has 0 radical (unpaired) electrons. The Balaban J connectivity index is 1.71. The van der Waals surface area contributed by atoms with Crippen LogP contribution in [0.4, 0.5) is 0 Å². The van der Waals surface area contributed by atoms with Crippen LogP contribution >= 0.6 is 23.2 Å². The van der Waals surface area contributed by atoms with Crippen LogP contribution < -0.4 is 0 Å². The Bertz CT molecular complexity index is 803. The molecule has 0 bridgehead atoms. The number of phenolic OH excluding ortho intramolecular Hbond substituents is 1. The molecule has 2 aromatic carbocycles. The highest BCUT2D eigenvalue weighted by molar-refractivity contribution is 6.36. The van der Waals surface area contributed by atoms with E-state index in [4.69, 9.17) is 23.2 Å². The van der Waals surface area contributed by atoms with Gasteiger partial charge in [-0.05, 0) is 17.7 Å². The molecule has 0 aliphatic carbocycles. The van der Waals surface area contributed by atoms with Crippen molar-refractivity contribution < 1.29 is 5.11 Å². The van der Waals surface area contributed by atoms with Crippen molar-refractivity contribution in [3.8, 4) is 5.75 Å². The van der Waals surface area contributed by atoms with E-state index in [1.54, 1.807) is 6.07 Å². The number of amidine groups is 1. The molecular weight excluding hydrogens is 335 g/mol. The van der Waals surface area contributed by atoms with Gasteiger partial charge < -0.3 is 5.11 Å². The number of aromatic hydroxyl groups is 1. The number of phenols is 1. The lowest BCUT2D eigenvalue weighted by atomic mass is 10.1. The minimum absolute atomic E-state index is 0.0285. The second-order valence-electron chi connectivity index (χ2n) is 4.93. The fourth-order valence-electron chi connectivity index (χ4n) is 2.15. The largest absolute Gasteiger partial charge is 0.506 e. The van der Waals surface area contributed by atoms with Gasteiger partial charge >= 0.3 is 0 Å². The molecule has 1 N–H and O–H groups in total. The van der Waals surface area contributed by atoms with Crippen LogP contribution in [0.5, 0.6) is 5.75 Å². The minimum atomic E-state index is -0.0878. The van der Waals surface area contributed by atoms with Crippen molar-refractivity contribution >= 4 is 35.3 Å². The standard InChI is InChI=1S/C16H12Cl2N4O/c17-12-6-11(16(23)13(18)7-12)9-19-21-15-8-14(20-22-15)10-4-2-1-3-5-10/h1-7,9,14,23H,8H2/b19-9-,21-15-/t14-/m0/s1. The fourth-order valence-corrected chi connectivity index (χ4v) is 2.66. The summed E-state index contributed by atoms with van der Waals surface area (Å²) in [5, 5.41) is 26.6. The second kappa shape index (κ2) is 6.89. The highest BCUT2D eigenvalue weighted by Crippen LogP contribution is 2.30. The molecule has 116 valence electrons. The summed E-state index contributed by atoms with van der Waals surface area (Å²) in [6.07, 6.45) is 1.97. The first-order valence-electron chi connectivity index (χ1n) is 6.87. The Morgan fingerprint density at radius 1 is 1.17 bits per heavy atom. The van der Waals surface area contributed by atoms with Crippen LogP contribution in [0.2, 0.25) is 10.0 Å². The highest BCUT2D eigenvalue weighted by Gasteiger charge is 2.19. The quantitative estimate of drug-likeness (QED) is 0.614. The number of benzene rings is 2. The zero-order chi connectivity index (χ0) is 16.2. The van der Waals surface area contributed by atoms with E-state index in [0.29, 0.717) is 22.8 Å². The van der Waals surface area contributed by atoms with Crippen LogP contribution in [0, 0.1) is 0 Å². The molecule has 7 heteroatoms. The number of azo groups is 1. The molecule has 5 nitrogen and oxygen atoms in total. The van der Waals surface area contributed by atoms with Crippen LogP contribution in [0.3, 0.4) is 0 Å². The molecule has 1 atom stereocenters. The van der Waals surface area contributed by atoms with Gasteiger partial charge in [-0.15, -0.1) is 10.2 Å². The lowest BCUT2D eigenvalue weighted by molar-refractivity contribution is 0.474. The van der Waals surface area contributed by atoms with Crippen molar-refractivity contribution in [3.05, 3.63) is 63.6 Å². The van der Waals surface area contributed by atoms with Crippen molar-refractivity contribution in [2.45, 2.75) is 12.5 Å². The summed E-state index contributed by atoms with van der Waals surface area (Å²) in [6, 6.07) is 12.9. The topological polar surface area (TPSA) is 69.7 Å². The summed E-state index contributed by atoms with van der Waals surface area (Å²) in [6.45, 7) is 0. The second-order valence-corrected chi connectivity index (χ2v) is 5.78. The maximum Gasteiger partial charge on any atom is 0.175 e. The molecule has 2 aromatic rings. The minimum Gasteiger partial charge on any atom is -0.506 e. The molecule has 23 heavy (non-hydrogen) atoms. The smallest absolute Gasteiger partial charge is 0.175 e. The summed E-state index contributed by atoms with van der Waals surface area (Å²) in [5.41, 5.74) is 1.48. The SMILES string of the molecule is Oc1c(Cl)cc(Cl)cc1/C=N\N=C1\C[C@@H](c2ccccc2)N=N1. The molecular formula is C16H12Cl2N4O. The summed E-state index contributed by atoms with van der Waals surface area (Å²) in [5.74, 6) is 0.443. The lowest BCUT2D eigenvalue weighted by Crippen LogP contribution is -1.95. The molecule has 1 heterocycles. The number of hydrogen-bond donors (Lipinski definition) is 1. The van der Waals surface area contributed by atoms with Crippen LogP contribution in [0.15, 0.2) is 62.9 Å². The molecule has 0 saturated heterocycles. The van der Waals surface area contributed by atoms with Crippen LogP contribution in [-0.2, 0) is 0 Å². The van der Waals surface area contributed by atoms with Crippen LogP contribution in [0.25, 0.3) is 0 Å². The summed E-state index contributed by atoms with van der Waals surface area (Å²) >= 11 is 11.7. The van der Waals surface area contributed by atoms with Crippen LogP contribution in [0.1, 0.15) is 23.6 Å². The number of rotatable bonds is 3. The van der Waals surface area contributed by atoms with Crippen molar-refractivity contribution in [2.24, 2.45) is 20.4 Å². The predicted molar refractivity (Wildman–Crippen MR) is 91.8 cm³/mol. The Labute approximate surface area is 143 Å². The number of halogens is 2. The van der Waals surface area contributed by atoms with Gasteiger partial charge in [0, 0.05) is 17.0 Å². The summed E-state index contributed by atoms with van der Waals surface area (Å²) in [4.78, 5) is 0. The molecule has 1 aliphatic heterocycles. The van der Waals surface area contributed by atoms with Gasteiger partial charge in [-0.2, -0.15) is 10.2 Å². The lowest BCUT2D eigenvalue weighted by Gasteiger charge is -2.03. The summed E-state index contributed by atoms with van der Waals surface area (Å²) < 4.78 is 0. The third-order valence-corrected chi connectivity index (χ3v) is 3.81. The fraction of sp³-hybridized carbons (Fsp3) is 0.125. The summed E-state index contributed by atoms with van der Waals surface area (Å²) in [7, 11) is 0. The zero-order valence-electron chi connectivity index (χ0n) is 11.9. The number of nitrogens with zero attached hydrogens (tertiary/aromatic N) is 4. The average molecular weight is 347 g/mol. The maximum atomic E-state index is 9.83. The highest BCUT2D eigenvalue weighted by atomic mass is 35.5. The molecule has 0 unspecified atom stereocenters.